The van der Waals surface area contributed by atoms with Crippen molar-refractivity contribution in [3.05, 3.63) is 24.3 Å². The topological polar surface area (TPSA) is 37.3 Å². The van der Waals surface area contributed by atoms with Crippen LogP contribution in [-0.4, -0.2) is 16.5 Å². The van der Waals surface area contributed by atoms with Gasteiger partial charge in [-0.1, -0.05) is 26.5 Å². The Morgan fingerprint density at radius 2 is 2.13 bits per heavy atom. The fraction of sp³-hybridized carbons (Fsp3) is 0.615. The van der Waals surface area contributed by atoms with Gasteiger partial charge in [0.05, 0.1) is 0 Å². The molecular formula is C13H20O2. The van der Waals surface area contributed by atoms with Crippen molar-refractivity contribution < 1.29 is 9.90 Å². The Morgan fingerprint density at radius 1 is 1.53 bits per heavy atom. The van der Waals surface area contributed by atoms with E-state index in [1.807, 2.05) is 13.8 Å². The molecule has 0 bridgehead atoms. The van der Waals surface area contributed by atoms with Gasteiger partial charge in [-0.15, -0.1) is 0 Å². The molecule has 0 aliphatic heterocycles. The molecule has 1 N–H and O–H groups in total. The fourth-order valence-electron chi connectivity index (χ4n) is 2.36. The Morgan fingerprint density at radius 3 is 2.60 bits per heavy atom. The standard InChI is InChI=1S/C13H20O2/c1-5-7-11(14)13(15)10(2)8-6-9-12(13,3)4/h5,7,15H,2,6,8-9H2,1,3-4H3. The van der Waals surface area contributed by atoms with Gasteiger partial charge in [0.25, 0.3) is 0 Å². The molecule has 0 spiro atoms. The highest BCUT2D eigenvalue weighted by molar-refractivity contribution is 6.00. The van der Waals surface area contributed by atoms with Gasteiger partial charge in [0.15, 0.2) is 11.4 Å². The van der Waals surface area contributed by atoms with Crippen molar-refractivity contribution in [2.24, 2.45) is 5.41 Å². The van der Waals surface area contributed by atoms with Gasteiger partial charge in [0.2, 0.25) is 0 Å². The summed E-state index contributed by atoms with van der Waals surface area (Å²) in [5, 5.41) is 10.6. The van der Waals surface area contributed by atoms with Crippen LogP contribution in [0.5, 0.6) is 0 Å². The lowest BCUT2D eigenvalue weighted by atomic mass is 9.61. The smallest absolute Gasteiger partial charge is 0.191 e. The van der Waals surface area contributed by atoms with E-state index in [1.165, 1.54) is 6.08 Å². The van der Waals surface area contributed by atoms with Gasteiger partial charge in [0.1, 0.15) is 0 Å². The minimum atomic E-state index is -1.38. The summed E-state index contributed by atoms with van der Waals surface area (Å²) in [5.74, 6) is -0.236. The molecular weight excluding hydrogens is 188 g/mol. The molecule has 1 aliphatic rings. The van der Waals surface area contributed by atoms with E-state index in [1.54, 1.807) is 13.0 Å². The van der Waals surface area contributed by atoms with Crippen molar-refractivity contribution in [1.29, 1.82) is 0 Å². The second-order valence-corrected chi connectivity index (χ2v) is 4.92. The van der Waals surface area contributed by atoms with Gasteiger partial charge in [-0.05, 0) is 37.8 Å². The molecule has 0 aromatic heterocycles. The average Bonchev–Trinajstić information content (AvgIpc) is 2.14. The summed E-state index contributed by atoms with van der Waals surface area (Å²) >= 11 is 0. The third-order valence-electron chi connectivity index (χ3n) is 3.45. The maximum Gasteiger partial charge on any atom is 0.191 e. The highest BCUT2D eigenvalue weighted by Gasteiger charge is 2.51. The minimum absolute atomic E-state index is 0.236. The number of hydrogen-bond donors (Lipinski definition) is 1. The number of rotatable bonds is 2. The molecule has 84 valence electrons. The van der Waals surface area contributed by atoms with E-state index in [0.29, 0.717) is 5.57 Å². The predicted octanol–water partition coefficient (Wildman–Crippen LogP) is 2.63. The molecule has 2 heteroatoms. The zero-order valence-corrected chi connectivity index (χ0v) is 9.84. The number of carbonyl (C=O) groups excluding carboxylic acids is 1. The number of hydrogen-bond acceptors (Lipinski definition) is 2. The normalized spacial score (nSPS) is 30.8. The molecule has 0 radical (unpaired) electrons. The Kier molecular flexibility index (Phi) is 3.19. The van der Waals surface area contributed by atoms with Crippen molar-refractivity contribution >= 4 is 5.78 Å². The third-order valence-corrected chi connectivity index (χ3v) is 3.45. The monoisotopic (exact) mass is 208 g/mol. The largest absolute Gasteiger partial charge is 0.377 e. The van der Waals surface area contributed by atoms with Gasteiger partial charge < -0.3 is 5.11 Å². The second-order valence-electron chi connectivity index (χ2n) is 4.92. The van der Waals surface area contributed by atoms with Crippen LogP contribution in [0, 0.1) is 5.41 Å². The van der Waals surface area contributed by atoms with Gasteiger partial charge in [0, 0.05) is 5.41 Å². The molecule has 1 fully saturated rings. The van der Waals surface area contributed by atoms with E-state index in [4.69, 9.17) is 0 Å². The molecule has 1 aliphatic carbocycles. The molecule has 0 saturated heterocycles. The molecule has 1 unspecified atom stereocenters. The Labute approximate surface area is 91.7 Å². The van der Waals surface area contributed by atoms with Crippen molar-refractivity contribution in [2.45, 2.75) is 45.6 Å². The van der Waals surface area contributed by atoms with Crippen LogP contribution in [0.3, 0.4) is 0 Å². The summed E-state index contributed by atoms with van der Waals surface area (Å²) in [6.45, 7) is 9.50. The third kappa shape index (κ3) is 1.78. The first-order valence-corrected chi connectivity index (χ1v) is 5.44. The van der Waals surface area contributed by atoms with Crippen LogP contribution < -0.4 is 0 Å². The zero-order chi connectivity index (χ0) is 11.7. The lowest BCUT2D eigenvalue weighted by Gasteiger charge is -2.46. The van der Waals surface area contributed by atoms with Crippen LogP contribution in [0.25, 0.3) is 0 Å². The van der Waals surface area contributed by atoms with Crippen LogP contribution in [0.2, 0.25) is 0 Å². The van der Waals surface area contributed by atoms with Gasteiger partial charge in [-0.25, -0.2) is 0 Å². The van der Waals surface area contributed by atoms with Gasteiger partial charge >= 0.3 is 0 Å². The predicted molar refractivity (Wildman–Crippen MR) is 61.5 cm³/mol. The lowest BCUT2D eigenvalue weighted by molar-refractivity contribution is -0.142. The second kappa shape index (κ2) is 3.93. The van der Waals surface area contributed by atoms with Crippen molar-refractivity contribution in [3.63, 3.8) is 0 Å². The number of carbonyl (C=O) groups is 1. The lowest BCUT2D eigenvalue weighted by Crippen LogP contribution is -2.54. The molecule has 1 atom stereocenters. The highest BCUT2D eigenvalue weighted by Crippen LogP contribution is 2.46. The van der Waals surface area contributed by atoms with E-state index >= 15 is 0 Å². The molecule has 0 heterocycles. The molecule has 15 heavy (non-hydrogen) atoms. The average molecular weight is 208 g/mol. The molecule has 0 aromatic carbocycles. The summed E-state index contributed by atoms with van der Waals surface area (Å²) < 4.78 is 0. The van der Waals surface area contributed by atoms with E-state index in [0.717, 1.165) is 19.3 Å². The highest BCUT2D eigenvalue weighted by atomic mass is 16.3. The van der Waals surface area contributed by atoms with Crippen LogP contribution in [0.15, 0.2) is 24.3 Å². The molecule has 0 amide bonds. The number of aliphatic hydroxyl groups is 1. The van der Waals surface area contributed by atoms with E-state index in [-0.39, 0.29) is 5.78 Å². The first-order valence-electron chi connectivity index (χ1n) is 5.44. The van der Waals surface area contributed by atoms with E-state index in [9.17, 15) is 9.90 Å². The van der Waals surface area contributed by atoms with Gasteiger partial charge in [-0.3, -0.25) is 4.79 Å². The van der Waals surface area contributed by atoms with E-state index < -0.39 is 11.0 Å². The van der Waals surface area contributed by atoms with Crippen LogP contribution in [0.4, 0.5) is 0 Å². The summed E-state index contributed by atoms with van der Waals surface area (Å²) in [5.41, 5.74) is -1.14. The maximum atomic E-state index is 11.9. The summed E-state index contributed by atoms with van der Waals surface area (Å²) in [7, 11) is 0. The molecule has 2 nitrogen and oxygen atoms in total. The Bertz CT molecular complexity index is 312. The van der Waals surface area contributed by atoms with Crippen LogP contribution in [0.1, 0.15) is 40.0 Å². The van der Waals surface area contributed by atoms with Crippen LogP contribution >= 0.6 is 0 Å². The van der Waals surface area contributed by atoms with Crippen LogP contribution in [-0.2, 0) is 4.79 Å². The quantitative estimate of drug-likeness (QED) is 0.559. The number of ketones is 1. The first-order chi connectivity index (χ1) is 6.86. The molecule has 1 saturated carbocycles. The van der Waals surface area contributed by atoms with Crippen molar-refractivity contribution in [1.82, 2.24) is 0 Å². The summed E-state index contributed by atoms with van der Waals surface area (Å²) in [4.78, 5) is 11.9. The molecule has 0 aromatic rings. The fourth-order valence-corrected chi connectivity index (χ4v) is 2.36. The minimum Gasteiger partial charge on any atom is -0.377 e. The SMILES string of the molecule is C=C1CCCC(C)(C)C1(O)C(=O)C=CC. The molecule has 1 rings (SSSR count). The number of allylic oxidation sites excluding steroid dienone is 1. The van der Waals surface area contributed by atoms with E-state index in [2.05, 4.69) is 6.58 Å². The van der Waals surface area contributed by atoms with Crippen molar-refractivity contribution in [2.75, 3.05) is 0 Å². The first kappa shape index (κ1) is 12.2. The Hall–Kier alpha value is -0.890. The Balaban J connectivity index is 3.14. The summed E-state index contributed by atoms with van der Waals surface area (Å²) in [6.07, 6.45) is 5.70. The summed E-state index contributed by atoms with van der Waals surface area (Å²) in [6, 6.07) is 0. The van der Waals surface area contributed by atoms with Gasteiger partial charge in [-0.2, -0.15) is 0 Å². The maximum absolute atomic E-state index is 11.9. The zero-order valence-electron chi connectivity index (χ0n) is 9.84. The van der Waals surface area contributed by atoms with Crippen molar-refractivity contribution in [3.8, 4) is 0 Å².